The van der Waals surface area contributed by atoms with E-state index in [0.29, 0.717) is 0 Å². The molecule has 104 valence electrons. The van der Waals surface area contributed by atoms with Gasteiger partial charge >= 0.3 is 0 Å². The van der Waals surface area contributed by atoms with Crippen LogP contribution >= 0.6 is 0 Å². The summed E-state index contributed by atoms with van der Waals surface area (Å²) in [5, 5.41) is 0. The van der Waals surface area contributed by atoms with Gasteiger partial charge < -0.3 is 10.5 Å². The monoisotopic (exact) mass is 269 g/mol. The Morgan fingerprint density at radius 3 is 3.00 bits per heavy atom. The maximum Gasteiger partial charge on any atom is 0.169 e. The van der Waals surface area contributed by atoms with E-state index < -0.39 is 0 Å². The molecule has 0 aliphatic carbocycles. The first-order valence-electron chi connectivity index (χ1n) is 7.08. The first-order chi connectivity index (χ1) is 9.76. The molecule has 0 saturated heterocycles. The summed E-state index contributed by atoms with van der Waals surface area (Å²) in [6, 6.07) is 10.2. The maximum absolute atomic E-state index is 5.99. The molecule has 2 N–H and O–H groups in total. The Bertz CT molecular complexity index is 575. The maximum atomic E-state index is 5.99. The fourth-order valence-corrected chi connectivity index (χ4v) is 2.42. The molecular formula is C16H19N3O. The van der Waals surface area contributed by atoms with Crippen LogP contribution in [-0.2, 0) is 12.8 Å². The molecule has 2 heterocycles. The van der Waals surface area contributed by atoms with Gasteiger partial charge in [-0.1, -0.05) is 25.1 Å². The van der Waals surface area contributed by atoms with Crippen molar-refractivity contribution in [2.75, 3.05) is 0 Å². The van der Waals surface area contributed by atoms with Crippen LogP contribution in [-0.4, -0.2) is 16.0 Å². The topological polar surface area (TPSA) is 61.0 Å². The molecule has 20 heavy (non-hydrogen) atoms. The molecule has 0 saturated carbocycles. The molecule has 2 unspecified atom stereocenters. The van der Waals surface area contributed by atoms with E-state index in [0.717, 1.165) is 36.5 Å². The fraction of sp³-hybridized carbons (Fsp3) is 0.375. The third-order valence-electron chi connectivity index (χ3n) is 3.66. The van der Waals surface area contributed by atoms with E-state index in [1.165, 1.54) is 5.56 Å². The highest BCUT2D eigenvalue weighted by molar-refractivity contribution is 5.38. The quantitative estimate of drug-likeness (QED) is 0.926. The van der Waals surface area contributed by atoms with E-state index in [4.69, 9.17) is 10.5 Å². The normalized spacial score (nSPS) is 18.4. The minimum absolute atomic E-state index is 0.0785. The number of hydrogen-bond donors (Lipinski definition) is 1. The molecule has 4 nitrogen and oxygen atoms in total. The van der Waals surface area contributed by atoms with Crippen LogP contribution in [0.15, 0.2) is 36.5 Å². The van der Waals surface area contributed by atoms with E-state index in [-0.39, 0.29) is 12.1 Å². The number of fused-ring (bicyclic) bond motifs is 1. The molecule has 2 atom stereocenters. The second-order valence-electron chi connectivity index (χ2n) is 5.20. The molecule has 1 aromatic heterocycles. The van der Waals surface area contributed by atoms with Gasteiger partial charge in [-0.15, -0.1) is 0 Å². The number of hydrogen-bond acceptors (Lipinski definition) is 4. The van der Waals surface area contributed by atoms with E-state index in [2.05, 4.69) is 23.0 Å². The van der Waals surface area contributed by atoms with Gasteiger partial charge in [-0.25, -0.2) is 9.97 Å². The van der Waals surface area contributed by atoms with Gasteiger partial charge in [0.1, 0.15) is 5.75 Å². The molecule has 1 aliphatic rings. The lowest BCUT2D eigenvalue weighted by Gasteiger charge is -2.12. The molecule has 0 bridgehead atoms. The van der Waals surface area contributed by atoms with Crippen LogP contribution < -0.4 is 10.5 Å². The molecule has 0 fully saturated rings. The minimum Gasteiger partial charge on any atom is -0.482 e. The summed E-state index contributed by atoms with van der Waals surface area (Å²) in [7, 11) is 0. The standard InChI is InChI=1S/C16H19N3O/c1-2-12(17)10-13-7-8-18-16(19-13)15-9-11-5-3-4-6-14(11)20-15/h3-8,12,15H,2,9-10,17H2,1H3. The van der Waals surface area contributed by atoms with Crippen molar-refractivity contribution < 1.29 is 4.74 Å². The van der Waals surface area contributed by atoms with Gasteiger partial charge in [-0.3, -0.25) is 0 Å². The van der Waals surface area contributed by atoms with Crippen LogP contribution in [0.5, 0.6) is 5.75 Å². The molecule has 0 spiro atoms. The van der Waals surface area contributed by atoms with Crippen LogP contribution in [0.2, 0.25) is 0 Å². The van der Waals surface area contributed by atoms with Crippen molar-refractivity contribution in [1.82, 2.24) is 9.97 Å². The summed E-state index contributed by atoms with van der Waals surface area (Å²) in [4.78, 5) is 8.97. The number of rotatable bonds is 4. The molecule has 1 aliphatic heterocycles. The van der Waals surface area contributed by atoms with E-state index in [9.17, 15) is 0 Å². The Morgan fingerprint density at radius 1 is 1.35 bits per heavy atom. The second kappa shape index (κ2) is 5.59. The zero-order valence-corrected chi connectivity index (χ0v) is 11.6. The van der Waals surface area contributed by atoms with Crippen LogP contribution in [0, 0.1) is 0 Å². The van der Waals surface area contributed by atoms with Crippen molar-refractivity contribution >= 4 is 0 Å². The number of para-hydroxylation sites is 1. The summed E-state index contributed by atoms with van der Waals surface area (Å²) in [6.07, 6.45) is 4.28. The van der Waals surface area contributed by atoms with Gasteiger partial charge in [0.25, 0.3) is 0 Å². The van der Waals surface area contributed by atoms with E-state index >= 15 is 0 Å². The number of benzene rings is 1. The fourth-order valence-electron chi connectivity index (χ4n) is 2.42. The van der Waals surface area contributed by atoms with Gasteiger partial charge in [0.05, 0.1) is 0 Å². The van der Waals surface area contributed by atoms with Gasteiger partial charge in [-0.2, -0.15) is 0 Å². The molecule has 0 amide bonds. The summed E-state index contributed by atoms with van der Waals surface area (Å²) < 4.78 is 5.92. The van der Waals surface area contributed by atoms with Crippen LogP contribution in [0.3, 0.4) is 0 Å². The average molecular weight is 269 g/mol. The first-order valence-corrected chi connectivity index (χ1v) is 7.08. The van der Waals surface area contributed by atoms with Crippen molar-refractivity contribution in [3.63, 3.8) is 0 Å². The van der Waals surface area contributed by atoms with Crippen LogP contribution in [0.1, 0.15) is 36.5 Å². The largest absolute Gasteiger partial charge is 0.482 e. The summed E-state index contributed by atoms with van der Waals surface area (Å²) >= 11 is 0. The zero-order chi connectivity index (χ0) is 13.9. The molecular weight excluding hydrogens is 250 g/mol. The zero-order valence-electron chi connectivity index (χ0n) is 11.6. The molecule has 1 aromatic carbocycles. The average Bonchev–Trinajstić information content (AvgIpc) is 2.91. The third kappa shape index (κ3) is 2.65. The first kappa shape index (κ1) is 13.1. The van der Waals surface area contributed by atoms with E-state index in [1.807, 2.05) is 24.3 Å². The molecule has 0 radical (unpaired) electrons. The van der Waals surface area contributed by atoms with E-state index in [1.54, 1.807) is 6.20 Å². The lowest BCUT2D eigenvalue weighted by molar-refractivity contribution is 0.227. The Balaban J connectivity index is 1.77. The lowest BCUT2D eigenvalue weighted by atomic mass is 10.1. The minimum atomic E-state index is -0.0785. The smallest absolute Gasteiger partial charge is 0.169 e. The van der Waals surface area contributed by atoms with Gasteiger partial charge in [-0.05, 0) is 24.1 Å². The highest BCUT2D eigenvalue weighted by Crippen LogP contribution is 2.34. The number of aromatic nitrogens is 2. The van der Waals surface area contributed by atoms with Crippen molar-refractivity contribution in [2.24, 2.45) is 5.73 Å². The Labute approximate surface area is 119 Å². The van der Waals surface area contributed by atoms with Crippen molar-refractivity contribution in [1.29, 1.82) is 0 Å². The van der Waals surface area contributed by atoms with Gasteiger partial charge in [0.2, 0.25) is 0 Å². The highest BCUT2D eigenvalue weighted by atomic mass is 16.5. The van der Waals surface area contributed by atoms with Gasteiger partial charge in [0.15, 0.2) is 11.9 Å². The summed E-state index contributed by atoms with van der Waals surface area (Å²) in [6.45, 7) is 2.09. The van der Waals surface area contributed by atoms with Crippen molar-refractivity contribution in [3.05, 3.63) is 53.6 Å². The predicted molar refractivity (Wildman–Crippen MR) is 77.5 cm³/mol. The van der Waals surface area contributed by atoms with Crippen LogP contribution in [0.4, 0.5) is 0 Å². The summed E-state index contributed by atoms with van der Waals surface area (Å²) in [5.74, 6) is 1.69. The second-order valence-corrected chi connectivity index (χ2v) is 5.20. The molecule has 4 heteroatoms. The Kier molecular flexibility index (Phi) is 3.65. The Hall–Kier alpha value is -1.94. The Morgan fingerprint density at radius 2 is 2.20 bits per heavy atom. The molecule has 3 rings (SSSR count). The van der Waals surface area contributed by atoms with Crippen molar-refractivity contribution in [2.45, 2.75) is 38.3 Å². The summed E-state index contributed by atoms with van der Waals surface area (Å²) in [5.41, 5.74) is 8.19. The number of ether oxygens (including phenoxy) is 1. The molecule has 2 aromatic rings. The lowest BCUT2D eigenvalue weighted by Crippen LogP contribution is -2.22. The SMILES string of the molecule is CCC(N)Cc1ccnc(C2Cc3ccccc3O2)n1. The predicted octanol–water partition coefficient (Wildman–Crippen LogP) is 2.43. The van der Waals surface area contributed by atoms with Gasteiger partial charge in [0, 0.05) is 30.8 Å². The van der Waals surface area contributed by atoms with Crippen molar-refractivity contribution in [3.8, 4) is 5.75 Å². The number of nitrogens with zero attached hydrogens (tertiary/aromatic N) is 2. The number of nitrogens with two attached hydrogens (primary N) is 1. The highest BCUT2D eigenvalue weighted by Gasteiger charge is 2.26. The third-order valence-corrected chi connectivity index (χ3v) is 3.66. The van der Waals surface area contributed by atoms with Crippen LogP contribution in [0.25, 0.3) is 0 Å².